The first-order valence-electron chi connectivity index (χ1n) is 10.3. The number of hydrogen-bond acceptors (Lipinski definition) is 4. The topological polar surface area (TPSA) is 72.8 Å². The van der Waals surface area contributed by atoms with Crippen LogP contribution in [0.25, 0.3) is 11.1 Å². The number of halogens is 1. The Morgan fingerprint density at radius 2 is 1.72 bits per heavy atom. The fourth-order valence-electron chi connectivity index (χ4n) is 3.34. The zero-order valence-corrected chi connectivity index (χ0v) is 18.5. The first-order chi connectivity index (χ1) is 15.5. The van der Waals surface area contributed by atoms with Crippen LogP contribution in [0.2, 0.25) is 5.02 Å². The van der Waals surface area contributed by atoms with E-state index in [2.05, 4.69) is 0 Å². The van der Waals surface area contributed by atoms with Gasteiger partial charge >= 0.3 is 11.9 Å². The van der Waals surface area contributed by atoms with E-state index in [0.29, 0.717) is 35.6 Å². The van der Waals surface area contributed by atoms with Crippen molar-refractivity contribution >= 4 is 23.5 Å². The normalized spacial score (nSPS) is 14.1. The molecule has 6 heteroatoms. The lowest BCUT2D eigenvalue weighted by Gasteiger charge is -2.19. The van der Waals surface area contributed by atoms with Crippen molar-refractivity contribution in [2.24, 2.45) is 0 Å². The number of aryl methyl sites for hydroxylation is 1. The van der Waals surface area contributed by atoms with Gasteiger partial charge in [-0.25, -0.2) is 4.79 Å². The summed E-state index contributed by atoms with van der Waals surface area (Å²) in [5, 5.41) is 10.4. The van der Waals surface area contributed by atoms with E-state index in [9.17, 15) is 14.7 Å². The van der Waals surface area contributed by atoms with Gasteiger partial charge in [0.25, 0.3) is 0 Å². The summed E-state index contributed by atoms with van der Waals surface area (Å²) in [5.74, 6) is -1.07. The number of carboxylic acids is 1. The molecule has 0 saturated heterocycles. The molecule has 3 rings (SSSR count). The number of allylic oxidation sites excluding steroid dienone is 5. The zero-order valence-electron chi connectivity index (χ0n) is 17.8. The molecule has 5 nitrogen and oxygen atoms in total. The average Bonchev–Trinajstić information content (AvgIpc) is 3.02. The van der Waals surface area contributed by atoms with Gasteiger partial charge in [-0.15, -0.1) is 0 Å². The van der Waals surface area contributed by atoms with Gasteiger partial charge < -0.3 is 14.6 Å². The van der Waals surface area contributed by atoms with Crippen LogP contribution < -0.4 is 0 Å². The summed E-state index contributed by atoms with van der Waals surface area (Å²) in [6, 6.07) is 15.6. The van der Waals surface area contributed by atoms with Crippen LogP contribution >= 0.6 is 11.6 Å². The molecule has 32 heavy (non-hydrogen) atoms. The predicted octanol–water partition coefficient (Wildman–Crippen LogP) is 5.74. The second kappa shape index (κ2) is 11.3. The second-order valence-electron chi connectivity index (χ2n) is 7.36. The smallest absolute Gasteiger partial charge is 0.344 e. The van der Waals surface area contributed by atoms with Gasteiger partial charge in [0.05, 0.1) is 13.5 Å². The Balaban J connectivity index is 1.65. The molecule has 1 atom stereocenters. The summed E-state index contributed by atoms with van der Waals surface area (Å²) in [4.78, 5) is 23.6. The van der Waals surface area contributed by atoms with E-state index >= 15 is 0 Å². The highest BCUT2D eigenvalue weighted by Gasteiger charge is 2.23. The summed E-state index contributed by atoms with van der Waals surface area (Å²) in [6.45, 7) is 0. The fraction of sp³-hybridized carbons (Fsp3) is 0.231. The van der Waals surface area contributed by atoms with Crippen molar-refractivity contribution < 1.29 is 24.2 Å². The number of esters is 1. The van der Waals surface area contributed by atoms with E-state index < -0.39 is 18.0 Å². The quantitative estimate of drug-likeness (QED) is 0.491. The van der Waals surface area contributed by atoms with Gasteiger partial charge in [0.2, 0.25) is 0 Å². The van der Waals surface area contributed by atoms with Crippen molar-refractivity contribution in [1.29, 1.82) is 0 Å². The molecule has 1 aliphatic carbocycles. The van der Waals surface area contributed by atoms with Crippen LogP contribution in [0, 0.1) is 0 Å². The van der Waals surface area contributed by atoms with Gasteiger partial charge in [0.15, 0.2) is 6.10 Å². The summed E-state index contributed by atoms with van der Waals surface area (Å²) >= 11 is 5.95. The molecule has 2 aromatic carbocycles. The largest absolute Gasteiger partial charge is 0.479 e. The lowest BCUT2D eigenvalue weighted by Crippen LogP contribution is -2.25. The number of carbonyl (C=O) groups excluding carboxylic acids is 1. The molecule has 1 N–H and O–H groups in total. The SMILES string of the molecule is COC(=O)CC1=CCC=CC=C1OC(CCc1ccc(-c2ccc(Cl)cc2)cc1)C(=O)O. The fourth-order valence-corrected chi connectivity index (χ4v) is 3.47. The first kappa shape index (κ1) is 23.4. The summed E-state index contributed by atoms with van der Waals surface area (Å²) in [5.41, 5.74) is 3.76. The van der Waals surface area contributed by atoms with Gasteiger partial charge in [-0.3, -0.25) is 4.79 Å². The first-order valence-corrected chi connectivity index (χ1v) is 10.7. The molecule has 0 saturated carbocycles. The van der Waals surface area contributed by atoms with E-state index in [-0.39, 0.29) is 6.42 Å². The number of methoxy groups -OCH3 is 1. The number of carbonyl (C=O) groups is 2. The lowest BCUT2D eigenvalue weighted by molar-refractivity contribution is -0.148. The molecule has 2 aromatic rings. The molecule has 1 unspecified atom stereocenters. The van der Waals surface area contributed by atoms with Crippen molar-refractivity contribution in [2.75, 3.05) is 7.11 Å². The van der Waals surface area contributed by atoms with Crippen molar-refractivity contribution in [3.8, 4) is 11.1 Å². The van der Waals surface area contributed by atoms with Gasteiger partial charge in [0, 0.05) is 10.6 Å². The van der Waals surface area contributed by atoms with Crippen LogP contribution in [-0.2, 0) is 25.5 Å². The molecular formula is C26H25ClO5. The third-order valence-corrected chi connectivity index (χ3v) is 5.39. The Morgan fingerprint density at radius 3 is 2.34 bits per heavy atom. The van der Waals surface area contributed by atoms with E-state index in [4.69, 9.17) is 21.1 Å². The van der Waals surface area contributed by atoms with Gasteiger partial charge in [-0.05, 0) is 54.2 Å². The molecular weight excluding hydrogens is 428 g/mol. The maximum Gasteiger partial charge on any atom is 0.344 e. The summed E-state index contributed by atoms with van der Waals surface area (Å²) in [6.07, 6.45) is 7.70. The maximum absolute atomic E-state index is 11.8. The van der Waals surface area contributed by atoms with Gasteiger partial charge in [0.1, 0.15) is 5.76 Å². The van der Waals surface area contributed by atoms with Crippen molar-refractivity contribution in [1.82, 2.24) is 0 Å². The molecule has 166 valence electrons. The van der Waals surface area contributed by atoms with Gasteiger partial charge in [-0.1, -0.05) is 66.2 Å². The third kappa shape index (κ3) is 6.59. The van der Waals surface area contributed by atoms with Crippen LogP contribution in [0.5, 0.6) is 0 Å². The highest BCUT2D eigenvalue weighted by Crippen LogP contribution is 2.25. The number of hydrogen-bond donors (Lipinski definition) is 1. The second-order valence-corrected chi connectivity index (χ2v) is 7.80. The number of aliphatic carboxylic acids is 1. The monoisotopic (exact) mass is 452 g/mol. The van der Waals surface area contributed by atoms with E-state index in [1.165, 1.54) is 7.11 Å². The van der Waals surface area contributed by atoms with E-state index in [0.717, 1.165) is 16.7 Å². The number of benzene rings is 2. The van der Waals surface area contributed by atoms with Crippen molar-refractivity contribution in [2.45, 2.75) is 31.8 Å². The highest BCUT2D eigenvalue weighted by molar-refractivity contribution is 6.30. The maximum atomic E-state index is 11.8. The van der Waals surface area contributed by atoms with Crippen LogP contribution in [0.15, 0.2) is 84.2 Å². The van der Waals surface area contributed by atoms with Crippen LogP contribution in [0.1, 0.15) is 24.8 Å². The lowest BCUT2D eigenvalue weighted by atomic mass is 10.0. The Bertz CT molecular complexity index is 1030. The molecule has 0 fully saturated rings. The highest BCUT2D eigenvalue weighted by atomic mass is 35.5. The Kier molecular flexibility index (Phi) is 8.28. The Morgan fingerprint density at radius 1 is 1.06 bits per heavy atom. The summed E-state index contributed by atoms with van der Waals surface area (Å²) < 4.78 is 10.6. The number of rotatable bonds is 9. The molecule has 0 aliphatic heterocycles. The van der Waals surface area contributed by atoms with Crippen LogP contribution in [0.4, 0.5) is 0 Å². The third-order valence-electron chi connectivity index (χ3n) is 5.13. The zero-order chi connectivity index (χ0) is 22.9. The van der Waals surface area contributed by atoms with Crippen molar-refractivity contribution in [3.05, 3.63) is 94.8 Å². The van der Waals surface area contributed by atoms with E-state index in [1.54, 1.807) is 12.2 Å². The molecule has 0 amide bonds. The predicted molar refractivity (Wildman–Crippen MR) is 124 cm³/mol. The molecule has 0 spiro atoms. The van der Waals surface area contributed by atoms with Gasteiger partial charge in [-0.2, -0.15) is 0 Å². The average molecular weight is 453 g/mol. The molecule has 0 bridgehead atoms. The minimum absolute atomic E-state index is 0.0303. The minimum Gasteiger partial charge on any atom is -0.479 e. The molecule has 1 aliphatic rings. The standard InChI is InChI=1S/C26H25ClO5/c1-31-25(28)17-21-5-3-2-4-6-23(21)32-24(26(29)30)16-9-18-7-10-19(11-8-18)20-12-14-22(27)15-13-20/h2,4-8,10-15,24H,3,9,16-17H2,1H3,(H,29,30). The Hall–Kier alpha value is -3.31. The number of carboxylic acid groups (broad SMARTS) is 1. The molecule has 0 aromatic heterocycles. The Labute approximate surface area is 192 Å². The molecule has 0 radical (unpaired) electrons. The van der Waals surface area contributed by atoms with Crippen LogP contribution in [-0.4, -0.2) is 30.3 Å². The summed E-state index contributed by atoms with van der Waals surface area (Å²) in [7, 11) is 1.32. The number of ether oxygens (including phenoxy) is 2. The van der Waals surface area contributed by atoms with E-state index in [1.807, 2.05) is 60.7 Å². The minimum atomic E-state index is -1.05. The van der Waals surface area contributed by atoms with Crippen LogP contribution in [0.3, 0.4) is 0 Å². The molecule has 0 heterocycles. The van der Waals surface area contributed by atoms with Crippen molar-refractivity contribution in [3.63, 3.8) is 0 Å².